The predicted molar refractivity (Wildman–Crippen MR) is 253 cm³/mol. The van der Waals surface area contributed by atoms with Gasteiger partial charge in [0.05, 0.1) is 35.6 Å². The summed E-state index contributed by atoms with van der Waals surface area (Å²) >= 11 is 0. The molecule has 69 heavy (non-hydrogen) atoms. The number of methoxy groups -OCH3 is 1. The van der Waals surface area contributed by atoms with Gasteiger partial charge in [-0.05, 0) is 111 Å². The quantitative estimate of drug-likeness (QED) is 0.0621. The SMILES string of the molecule is CC[C@H]1OC(=O)[C@@](C)(F)C(=O)[C@H](C)[C@@H](O[C@@H]2O[C@H](COC(=O)c3ccccc3)CC(N(C)C)C2O)[C@](C)(OC)C[C@@H](C)CN[C@H](C)[C@H]2N(CCCCn3cc(-c4cccc(N)c4)nn3)C(=O)O[C@]12C. The molecule has 18 nitrogen and oxygen atoms in total. The van der Waals surface area contributed by atoms with Crippen molar-refractivity contribution >= 4 is 29.5 Å². The number of carbonyl (C=O) groups is 4. The lowest BCUT2D eigenvalue weighted by molar-refractivity contribution is -0.300. The van der Waals surface area contributed by atoms with Crippen LogP contribution in [0.25, 0.3) is 11.3 Å². The second-order valence-corrected chi connectivity index (χ2v) is 19.8. The number of Topliss-reactive ketones (excluding diaryl/α,β-unsaturated/α-hetero) is 1. The molecule has 0 saturated carbocycles. The van der Waals surface area contributed by atoms with E-state index in [0.717, 1.165) is 12.5 Å². The molecule has 3 aromatic rings. The Hall–Kier alpha value is -5.05. The Morgan fingerprint density at radius 1 is 1.04 bits per heavy atom. The van der Waals surface area contributed by atoms with Crippen molar-refractivity contribution in [2.24, 2.45) is 11.8 Å². The molecule has 13 atom stereocenters. The number of aromatic nitrogens is 3. The summed E-state index contributed by atoms with van der Waals surface area (Å²) in [7, 11) is 5.03. The van der Waals surface area contributed by atoms with Crippen LogP contribution in [0.5, 0.6) is 0 Å². The van der Waals surface area contributed by atoms with E-state index in [1.54, 1.807) is 85.7 Å². The molecule has 3 aliphatic rings. The number of halogens is 1. The molecule has 2 aromatic carbocycles. The van der Waals surface area contributed by atoms with E-state index in [0.29, 0.717) is 49.4 Å². The molecule has 0 radical (unpaired) electrons. The molecule has 6 rings (SSSR count). The zero-order chi connectivity index (χ0) is 50.4. The number of carbonyl (C=O) groups excluding carboxylic acids is 4. The first-order valence-corrected chi connectivity index (χ1v) is 24.0. The highest BCUT2D eigenvalue weighted by Crippen LogP contribution is 2.41. The minimum absolute atomic E-state index is 0.129. The van der Waals surface area contributed by atoms with Crippen molar-refractivity contribution in [3.8, 4) is 11.3 Å². The lowest BCUT2D eigenvalue weighted by Gasteiger charge is -2.47. The van der Waals surface area contributed by atoms with Crippen molar-refractivity contribution in [3.05, 3.63) is 66.4 Å². The number of hydrogen-bond acceptors (Lipinski definition) is 16. The second kappa shape index (κ2) is 22.4. The van der Waals surface area contributed by atoms with Crippen molar-refractivity contribution in [2.45, 2.75) is 153 Å². The molecule has 19 heteroatoms. The number of alkyl halides is 1. The number of hydrogen-bond donors (Lipinski definition) is 3. The number of fused-ring (bicyclic) bond motifs is 1. The van der Waals surface area contributed by atoms with Gasteiger partial charge in [-0.25, -0.2) is 18.8 Å². The number of aryl methyl sites for hydroxylation is 1. The van der Waals surface area contributed by atoms with Gasteiger partial charge < -0.3 is 49.5 Å². The largest absolute Gasteiger partial charge is 0.459 e. The van der Waals surface area contributed by atoms with Gasteiger partial charge in [-0.15, -0.1) is 5.10 Å². The summed E-state index contributed by atoms with van der Waals surface area (Å²) in [4.78, 5) is 59.0. The monoisotopic (exact) mass is 966 g/mol. The van der Waals surface area contributed by atoms with Gasteiger partial charge in [-0.1, -0.05) is 56.3 Å². The Balaban J connectivity index is 1.24. The lowest BCUT2D eigenvalue weighted by Crippen LogP contribution is -2.61. The third kappa shape index (κ3) is 11.9. The number of nitrogens with zero attached hydrogens (tertiary/aromatic N) is 5. The molecule has 4 N–H and O–H groups in total. The first kappa shape index (κ1) is 53.3. The van der Waals surface area contributed by atoms with Crippen molar-refractivity contribution in [3.63, 3.8) is 0 Å². The van der Waals surface area contributed by atoms with Gasteiger partial charge in [0.1, 0.15) is 24.5 Å². The van der Waals surface area contributed by atoms with Gasteiger partial charge in [-0.3, -0.25) is 14.4 Å². The van der Waals surface area contributed by atoms with Crippen LogP contribution in [0.2, 0.25) is 0 Å². The minimum Gasteiger partial charge on any atom is -0.459 e. The molecule has 0 spiro atoms. The average molecular weight is 966 g/mol. The summed E-state index contributed by atoms with van der Waals surface area (Å²) in [5, 5.41) is 23.9. The summed E-state index contributed by atoms with van der Waals surface area (Å²) in [5.41, 5.74) is 2.45. The third-order valence-corrected chi connectivity index (χ3v) is 14.1. The number of nitrogens with one attached hydrogen (secondary N) is 1. The fourth-order valence-corrected chi connectivity index (χ4v) is 10.3. The van der Waals surface area contributed by atoms with E-state index >= 15 is 4.39 Å². The molecule has 3 saturated heterocycles. The Morgan fingerprint density at radius 3 is 2.42 bits per heavy atom. The zero-order valence-electron chi connectivity index (χ0n) is 41.6. The molecule has 0 aliphatic carbocycles. The number of rotatable bonds is 14. The number of likely N-dealkylation sites (N-methyl/N-ethyl adjacent to an activating group) is 1. The summed E-state index contributed by atoms with van der Waals surface area (Å²) in [6.45, 7) is 12.4. The number of unbranched alkanes of at least 4 members (excludes halogenated alkanes) is 1. The highest BCUT2D eigenvalue weighted by Gasteiger charge is 2.60. The van der Waals surface area contributed by atoms with Crippen LogP contribution in [0.4, 0.5) is 14.9 Å². The summed E-state index contributed by atoms with van der Waals surface area (Å²) in [6, 6.07) is 14.2. The maximum atomic E-state index is 17.2. The van der Waals surface area contributed by atoms with E-state index < -0.39 is 95.4 Å². The van der Waals surface area contributed by atoms with Gasteiger partial charge in [0, 0.05) is 49.5 Å². The van der Waals surface area contributed by atoms with E-state index in [-0.39, 0.29) is 31.8 Å². The summed E-state index contributed by atoms with van der Waals surface area (Å²) in [6.07, 6.45) is -2.79. The number of ether oxygens (including phenoxy) is 6. The maximum Gasteiger partial charge on any atom is 0.410 e. The van der Waals surface area contributed by atoms with Gasteiger partial charge in [-0.2, -0.15) is 0 Å². The maximum absolute atomic E-state index is 17.2. The van der Waals surface area contributed by atoms with Crippen LogP contribution in [0.1, 0.15) is 90.9 Å². The number of benzene rings is 2. The molecule has 4 heterocycles. The normalized spacial score (nSPS) is 33.8. The van der Waals surface area contributed by atoms with Crippen LogP contribution < -0.4 is 11.1 Å². The van der Waals surface area contributed by atoms with Crippen molar-refractivity contribution < 1.29 is 57.1 Å². The number of nitrogens with two attached hydrogens (primary N) is 1. The number of anilines is 1. The summed E-state index contributed by atoms with van der Waals surface area (Å²) < 4.78 is 55.9. The standard InChI is InChI=1S/C50H72FN7O11/c1-11-39-50(7)41(58(47(63)69-50)23-16-15-22-57-28-37(54-55-57)34-20-17-21-35(52)24-34)32(4)53-27-30(2)26-48(5,64-10)43(31(3)42(60)49(6,51)46(62)67-39)68-45-40(59)38(56(8)9)25-36(66-45)29-65-44(61)33-18-13-12-14-19-33/h12-14,17-21,24,28,30-32,36,38-41,43,45,53,59H,11,15-16,22-23,25-27,29,52H2,1-10H3/t30-,31+,32-,36+,38?,39-,40?,41-,43-,45+,48-,49+,50-/m1/s1. The van der Waals surface area contributed by atoms with Crippen LogP contribution in [-0.2, 0) is 44.6 Å². The first-order chi connectivity index (χ1) is 32.6. The highest BCUT2D eigenvalue weighted by atomic mass is 19.1. The smallest absolute Gasteiger partial charge is 0.410 e. The van der Waals surface area contributed by atoms with E-state index in [9.17, 15) is 24.3 Å². The van der Waals surface area contributed by atoms with Crippen LogP contribution in [0, 0.1) is 11.8 Å². The summed E-state index contributed by atoms with van der Waals surface area (Å²) in [5.74, 6) is -4.72. The van der Waals surface area contributed by atoms with E-state index in [1.807, 2.05) is 38.2 Å². The number of aliphatic hydroxyl groups excluding tert-OH is 1. The lowest BCUT2D eigenvalue weighted by atomic mass is 9.78. The number of esters is 2. The van der Waals surface area contributed by atoms with Gasteiger partial charge in [0.25, 0.3) is 5.67 Å². The Kier molecular flexibility index (Phi) is 17.3. The molecular weight excluding hydrogens is 894 g/mol. The zero-order valence-corrected chi connectivity index (χ0v) is 41.6. The van der Waals surface area contributed by atoms with Crippen LogP contribution in [-0.4, -0.2) is 160 Å². The average Bonchev–Trinajstić information content (AvgIpc) is 3.90. The number of ketones is 1. The van der Waals surface area contributed by atoms with Crippen molar-refractivity contribution in [1.29, 1.82) is 0 Å². The number of amides is 1. The number of nitrogen functional groups attached to an aromatic ring is 1. The molecule has 0 bridgehead atoms. The van der Waals surface area contributed by atoms with E-state index in [2.05, 4.69) is 15.6 Å². The fraction of sp³-hybridized carbons (Fsp3) is 0.640. The first-order valence-electron chi connectivity index (χ1n) is 24.0. The van der Waals surface area contributed by atoms with Gasteiger partial charge >= 0.3 is 18.0 Å². The van der Waals surface area contributed by atoms with Gasteiger partial charge in [0.2, 0.25) is 0 Å². The topological polar surface area (TPSA) is 219 Å². The van der Waals surface area contributed by atoms with Crippen LogP contribution >= 0.6 is 0 Å². The van der Waals surface area contributed by atoms with Crippen molar-refractivity contribution in [2.75, 3.05) is 46.6 Å². The van der Waals surface area contributed by atoms with Crippen LogP contribution in [0.3, 0.4) is 0 Å². The van der Waals surface area contributed by atoms with Crippen LogP contribution in [0.15, 0.2) is 60.8 Å². The van der Waals surface area contributed by atoms with E-state index in [1.165, 1.54) is 14.0 Å². The number of cyclic esters (lactones) is 1. The molecule has 1 amide bonds. The van der Waals surface area contributed by atoms with Crippen molar-refractivity contribution in [1.82, 2.24) is 30.1 Å². The molecular formula is C50H72FN7O11. The molecule has 2 unspecified atom stereocenters. The Morgan fingerprint density at radius 2 is 1.75 bits per heavy atom. The fourth-order valence-electron chi connectivity index (χ4n) is 10.3. The minimum atomic E-state index is -3.21. The molecule has 3 aliphatic heterocycles. The molecule has 380 valence electrons. The Labute approximate surface area is 404 Å². The van der Waals surface area contributed by atoms with Gasteiger partial charge in [0.15, 0.2) is 17.7 Å². The second-order valence-electron chi connectivity index (χ2n) is 19.8. The predicted octanol–water partition coefficient (Wildman–Crippen LogP) is 5.21. The molecule has 3 fully saturated rings. The molecule has 1 aromatic heterocycles. The Bertz CT molecular complexity index is 2230. The third-order valence-electron chi connectivity index (χ3n) is 14.1. The number of aliphatic hydroxyl groups is 1. The van der Waals surface area contributed by atoms with E-state index in [4.69, 9.17) is 34.2 Å². The highest BCUT2D eigenvalue weighted by molar-refractivity contribution is 6.07.